The summed E-state index contributed by atoms with van der Waals surface area (Å²) in [4.78, 5) is 30.3. The van der Waals surface area contributed by atoms with Crippen molar-refractivity contribution in [3.05, 3.63) is 36.7 Å². The van der Waals surface area contributed by atoms with Gasteiger partial charge in [-0.1, -0.05) is 6.92 Å². The number of imidazole rings is 1. The van der Waals surface area contributed by atoms with Crippen molar-refractivity contribution < 1.29 is 13.9 Å². The van der Waals surface area contributed by atoms with Gasteiger partial charge in [0.05, 0.1) is 24.1 Å². The number of halogens is 1. The molecule has 1 aliphatic carbocycles. The number of pyridine rings is 1. The molecule has 1 aliphatic rings. The van der Waals surface area contributed by atoms with E-state index in [4.69, 9.17) is 4.74 Å². The van der Waals surface area contributed by atoms with E-state index in [0.29, 0.717) is 41.4 Å². The highest BCUT2D eigenvalue weighted by Gasteiger charge is 2.47. The van der Waals surface area contributed by atoms with Gasteiger partial charge in [-0.3, -0.25) is 9.20 Å². The van der Waals surface area contributed by atoms with Crippen molar-refractivity contribution in [3.8, 4) is 17.0 Å². The summed E-state index contributed by atoms with van der Waals surface area (Å²) in [5.41, 5.74) is 2.34. The molecule has 4 aromatic rings. The van der Waals surface area contributed by atoms with Gasteiger partial charge < -0.3 is 19.9 Å². The Morgan fingerprint density at radius 3 is 2.84 bits per heavy atom. The Balaban J connectivity index is 1.44. The lowest BCUT2D eigenvalue weighted by Crippen LogP contribution is -2.52. The summed E-state index contributed by atoms with van der Waals surface area (Å²) in [6, 6.07) is 3.72. The van der Waals surface area contributed by atoms with Crippen LogP contribution in [0, 0.1) is 11.4 Å². The quantitative estimate of drug-likeness (QED) is 0.498. The van der Waals surface area contributed by atoms with Gasteiger partial charge in [-0.2, -0.15) is 14.4 Å². The number of carbonyl (C=O) groups is 1. The number of H-pyrrole nitrogens is 1. The highest BCUT2D eigenvalue weighted by molar-refractivity contribution is 5.97. The number of nitrogens with zero attached hydrogens (tertiary/aromatic N) is 5. The number of carbonyl (C=O) groups excluding carboxylic acids is 1. The van der Waals surface area contributed by atoms with Gasteiger partial charge in [0, 0.05) is 43.7 Å². The monoisotopic (exact) mass is 437 g/mol. The van der Waals surface area contributed by atoms with Crippen LogP contribution in [0.3, 0.4) is 0 Å². The lowest BCUT2D eigenvalue weighted by atomic mass is 9.66. The Labute approximate surface area is 183 Å². The molecule has 4 heterocycles. The fourth-order valence-corrected chi connectivity index (χ4v) is 4.58. The Bertz CT molecular complexity index is 1340. The first kappa shape index (κ1) is 20.2. The number of ether oxygens (including phenoxy) is 1. The number of methoxy groups -OCH3 is 1. The summed E-state index contributed by atoms with van der Waals surface area (Å²) in [6.07, 6.45) is 6.09. The lowest BCUT2D eigenvalue weighted by molar-refractivity contribution is -0.143. The molecular formula is C22H24FN7O2. The average Bonchev–Trinajstić information content (AvgIpc) is 3.34. The molecule has 1 saturated carbocycles. The number of aromatic amines is 1. The zero-order valence-corrected chi connectivity index (χ0v) is 18.3. The number of aromatic nitrogens is 5. The minimum absolute atomic E-state index is 0.104. The topological polar surface area (TPSA) is 100 Å². The largest absolute Gasteiger partial charge is 0.480 e. The van der Waals surface area contributed by atoms with Gasteiger partial charge in [-0.05, 0) is 25.0 Å². The Hall–Kier alpha value is -3.69. The van der Waals surface area contributed by atoms with Crippen LogP contribution in [0.15, 0.2) is 30.7 Å². The number of rotatable bonds is 5. The minimum atomic E-state index is -0.434. The normalized spacial score (nSPS) is 20.3. The van der Waals surface area contributed by atoms with Crippen molar-refractivity contribution in [1.29, 1.82) is 0 Å². The molecule has 0 bridgehead atoms. The van der Waals surface area contributed by atoms with E-state index in [0.717, 1.165) is 11.1 Å². The second kappa shape index (κ2) is 7.18. The van der Waals surface area contributed by atoms with E-state index in [1.807, 2.05) is 13.0 Å². The smallest absolute Gasteiger partial charge is 0.228 e. The van der Waals surface area contributed by atoms with Gasteiger partial charge in [0.15, 0.2) is 0 Å². The molecule has 4 aromatic heterocycles. The Kier molecular flexibility index (Phi) is 4.54. The summed E-state index contributed by atoms with van der Waals surface area (Å²) in [7, 11) is 5.10. The molecule has 0 saturated heterocycles. The summed E-state index contributed by atoms with van der Waals surface area (Å²) < 4.78 is 21.0. The molecule has 0 radical (unpaired) electrons. The lowest BCUT2D eigenvalue weighted by Gasteiger charge is -2.45. The number of hydrogen-bond acceptors (Lipinski definition) is 6. The molecule has 0 unspecified atom stereocenters. The fraction of sp³-hybridized carbons (Fsp3) is 0.364. The maximum absolute atomic E-state index is 14.0. The van der Waals surface area contributed by atoms with Crippen LogP contribution in [-0.2, 0) is 4.79 Å². The average molecular weight is 437 g/mol. The van der Waals surface area contributed by atoms with Crippen molar-refractivity contribution in [2.75, 3.05) is 26.5 Å². The molecule has 10 heteroatoms. The van der Waals surface area contributed by atoms with Crippen molar-refractivity contribution in [2.45, 2.75) is 25.8 Å². The molecule has 9 nitrogen and oxygen atoms in total. The SMILES string of the molecule is COc1nc(NC2CC(C)(C(=O)N(C)C)C2)nc2[nH]cc(-c3ccc4ncc(F)n4c3)c12. The van der Waals surface area contributed by atoms with Crippen LogP contribution in [0.4, 0.5) is 10.3 Å². The second-order valence-corrected chi connectivity index (χ2v) is 8.72. The molecule has 5 rings (SSSR count). The second-order valence-electron chi connectivity index (χ2n) is 8.72. The van der Waals surface area contributed by atoms with Gasteiger partial charge in [0.25, 0.3) is 0 Å². The third-order valence-electron chi connectivity index (χ3n) is 6.11. The first-order chi connectivity index (χ1) is 15.3. The third-order valence-corrected chi connectivity index (χ3v) is 6.11. The van der Waals surface area contributed by atoms with Crippen molar-refractivity contribution in [2.24, 2.45) is 5.41 Å². The van der Waals surface area contributed by atoms with Crippen LogP contribution in [0.1, 0.15) is 19.8 Å². The van der Waals surface area contributed by atoms with Crippen LogP contribution >= 0.6 is 0 Å². The van der Waals surface area contributed by atoms with Gasteiger partial charge >= 0.3 is 0 Å². The number of nitrogens with one attached hydrogen (secondary N) is 2. The van der Waals surface area contributed by atoms with Gasteiger partial charge in [0.2, 0.25) is 23.7 Å². The summed E-state index contributed by atoms with van der Waals surface area (Å²) >= 11 is 0. The molecule has 0 aromatic carbocycles. The molecule has 2 N–H and O–H groups in total. The van der Waals surface area contributed by atoms with Gasteiger partial charge in [-0.25, -0.2) is 4.98 Å². The maximum Gasteiger partial charge on any atom is 0.228 e. The Morgan fingerprint density at radius 2 is 2.12 bits per heavy atom. The molecule has 0 spiro atoms. The van der Waals surface area contributed by atoms with E-state index in [-0.39, 0.29) is 17.4 Å². The first-order valence-corrected chi connectivity index (χ1v) is 10.3. The van der Waals surface area contributed by atoms with Crippen molar-refractivity contribution in [1.82, 2.24) is 29.2 Å². The van der Waals surface area contributed by atoms with Crippen molar-refractivity contribution in [3.63, 3.8) is 0 Å². The van der Waals surface area contributed by atoms with E-state index in [1.54, 1.807) is 44.6 Å². The molecule has 32 heavy (non-hydrogen) atoms. The predicted octanol–water partition coefficient (Wildman–Crippen LogP) is 3.09. The standard InChI is InChI=1S/C22H24FN7O2/c1-22(20(31)29(2)3)7-13(8-22)26-21-27-18-17(19(28-21)32-4)14(9-25-18)12-5-6-16-24-10-15(23)30(16)11-12/h5-6,9-11,13H,7-8H2,1-4H3,(H2,25,26,27,28). The molecule has 0 aliphatic heterocycles. The van der Waals surface area contributed by atoms with Crippen molar-refractivity contribution >= 4 is 28.5 Å². The molecule has 0 atom stereocenters. The van der Waals surface area contributed by atoms with Crippen LogP contribution < -0.4 is 10.1 Å². The van der Waals surface area contributed by atoms with E-state index >= 15 is 0 Å². The molecule has 1 fully saturated rings. The fourth-order valence-electron chi connectivity index (χ4n) is 4.58. The number of hydrogen-bond donors (Lipinski definition) is 2. The van der Waals surface area contributed by atoms with Gasteiger partial charge in [-0.15, -0.1) is 0 Å². The maximum atomic E-state index is 14.0. The first-order valence-electron chi connectivity index (χ1n) is 10.3. The van der Waals surface area contributed by atoms with E-state index in [9.17, 15) is 9.18 Å². The van der Waals surface area contributed by atoms with E-state index in [2.05, 4.69) is 25.3 Å². The number of anilines is 1. The third kappa shape index (κ3) is 3.14. The highest BCUT2D eigenvalue weighted by atomic mass is 19.1. The van der Waals surface area contributed by atoms with E-state index in [1.165, 1.54) is 10.6 Å². The van der Waals surface area contributed by atoms with E-state index < -0.39 is 5.95 Å². The van der Waals surface area contributed by atoms with Crippen LogP contribution in [-0.4, -0.2) is 62.4 Å². The zero-order valence-electron chi connectivity index (χ0n) is 18.3. The minimum Gasteiger partial charge on any atom is -0.480 e. The van der Waals surface area contributed by atoms with Crippen LogP contribution in [0.25, 0.3) is 27.8 Å². The molecule has 1 amide bonds. The highest BCUT2D eigenvalue weighted by Crippen LogP contribution is 2.43. The van der Waals surface area contributed by atoms with Crippen LogP contribution in [0.2, 0.25) is 0 Å². The summed E-state index contributed by atoms with van der Waals surface area (Å²) in [6.45, 7) is 1.98. The number of amides is 1. The summed E-state index contributed by atoms with van der Waals surface area (Å²) in [5, 5.41) is 4.02. The van der Waals surface area contributed by atoms with Gasteiger partial charge in [0.1, 0.15) is 11.3 Å². The molecular weight excluding hydrogens is 413 g/mol. The predicted molar refractivity (Wildman–Crippen MR) is 118 cm³/mol. The Morgan fingerprint density at radius 1 is 1.34 bits per heavy atom. The summed E-state index contributed by atoms with van der Waals surface area (Å²) in [5.74, 6) is 0.538. The van der Waals surface area contributed by atoms with Crippen LogP contribution in [0.5, 0.6) is 5.88 Å². The molecule has 166 valence electrons. The number of fused-ring (bicyclic) bond motifs is 2. The zero-order chi connectivity index (χ0) is 22.6.